The maximum absolute atomic E-state index is 12.8. The SMILES string of the molecule is COC(=O)C1=CN(CCC23CC4CC(CC(C4)C2)C3)C=C(C(=O)OC)C1c1ccc(Cl)cc1. The van der Waals surface area contributed by atoms with Gasteiger partial charge in [-0.05, 0) is 85.8 Å². The van der Waals surface area contributed by atoms with E-state index in [0.29, 0.717) is 21.6 Å². The van der Waals surface area contributed by atoms with Crippen LogP contribution in [0.1, 0.15) is 56.4 Å². The van der Waals surface area contributed by atoms with E-state index >= 15 is 0 Å². The number of carbonyl (C=O) groups is 2. The summed E-state index contributed by atoms with van der Waals surface area (Å²) in [6.07, 6.45) is 13.1. The van der Waals surface area contributed by atoms with Crippen LogP contribution in [0.5, 0.6) is 0 Å². The minimum absolute atomic E-state index is 0.417. The number of esters is 2. The highest BCUT2D eigenvalue weighted by Gasteiger charge is 2.50. The van der Waals surface area contributed by atoms with Gasteiger partial charge in [0.05, 0.1) is 31.3 Å². The molecule has 4 fully saturated rings. The first-order valence-electron chi connectivity index (χ1n) is 12.0. The second-order valence-corrected chi connectivity index (χ2v) is 11.0. The van der Waals surface area contributed by atoms with Crippen LogP contribution < -0.4 is 0 Å². The molecule has 1 aromatic carbocycles. The molecule has 4 bridgehead atoms. The maximum Gasteiger partial charge on any atom is 0.336 e. The Labute approximate surface area is 200 Å². The predicted octanol–water partition coefficient (Wildman–Crippen LogP) is 5.46. The van der Waals surface area contributed by atoms with Crippen molar-refractivity contribution >= 4 is 23.5 Å². The zero-order valence-corrected chi connectivity index (χ0v) is 20.1. The average Bonchev–Trinajstić information content (AvgIpc) is 2.81. The summed E-state index contributed by atoms with van der Waals surface area (Å²) >= 11 is 6.08. The molecule has 0 N–H and O–H groups in total. The lowest BCUT2D eigenvalue weighted by molar-refractivity contribution is -0.137. The van der Waals surface area contributed by atoms with Gasteiger partial charge in [0.1, 0.15) is 0 Å². The minimum atomic E-state index is -0.557. The number of methoxy groups -OCH3 is 2. The number of carbonyl (C=O) groups excluding carboxylic acids is 2. The average molecular weight is 470 g/mol. The molecule has 6 rings (SSSR count). The molecule has 6 heteroatoms. The van der Waals surface area contributed by atoms with Gasteiger partial charge in [0.25, 0.3) is 0 Å². The molecule has 176 valence electrons. The summed E-state index contributed by atoms with van der Waals surface area (Å²) in [6.45, 7) is 0.778. The Morgan fingerprint density at radius 1 is 0.909 bits per heavy atom. The summed E-state index contributed by atoms with van der Waals surface area (Å²) in [5, 5.41) is 0.596. The monoisotopic (exact) mass is 469 g/mol. The second kappa shape index (κ2) is 8.83. The molecule has 0 saturated heterocycles. The van der Waals surface area contributed by atoms with Crippen molar-refractivity contribution in [2.45, 2.75) is 50.9 Å². The molecule has 0 amide bonds. The van der Waals surface area contributed by atoms with Crippen molar-refractivity contribution in [3.05, 3.63) is 58.4 Å². The van der Waals surface area contributed by atoms with Crippen molar-refractivity contribution in [3.8, 4) is 0 Å². The van der Waals surface area contributed by atoms with Crippen molar-refractivity contribution in [2.75, 3.05) is 20.8 Å². The van der Waals surface area contributed by atoms with Crippen molar-refractivity contribution in [3.63, 3.8) is 0 Å². The van der Waals surface area contributed by atoms with Crippen molar-refractivity contribution in [1.29, 1.82) is 0 Å². The Morgan fingerprint density at radius 2 is 1.39 bits per heavy atom. The highest BCUT2D eigenvalue weighted by Crippen LogP contribution is 2.61. The quantitative estimate of drug-likeness (QED) is 0.518. The first kappa shape index (κ1) is 22.5. The highest BCUT2D eigenvalue weighted by atomic mass is 35.5. The molecule has 0 radical (unpaired) electrons. The van der Waals surface area contributed by atoms with Crippen LogP contribution in [0.15, 0.2) is 47.8 Å². The van der Waals surface area contributed by atoms with Crippen LogP contribution in [-0.2, 0) is 19.1 Å². The molecule has 0 atom stereocenters. The third-order valence-corrected chi connectivity index (χ3v) is 8.59. The molecule has 1 heterocycles. The van der Waals surface area contributed by atoms with Gasteiger partial charge in [0, 0.05) is 24.0 Å². The van der Waals surface area contributed by atoms with Crippen molar-refractivity contribution in [1.82, 2.24) is 4.90 Å². The van der Waals surface area contributed by atoms with E-state index in [2.05, 4.69) is 0 Å². The summed E-state index contributed by atoms with van der Waals surface area (Å²) < 4.78 is 10.2. The van der Waals surface area contributed by atoms with Crippen LogP contribution in [0, 0.1) is 23.2 Å². The Morgan fingerprint density at radius 3 is 1.85 bits per heavy atom. The topological polar surface area (TPSA) is 55.8 Å². The normalized spacial score (nSPS) is 30.6. The van der Waals surface area contributed by atoms with E-state index < -0.39 is 17.9 Å². The van der Waals surface area contributed by atoms with Crippen LogP contribution in [0.3, 0.4) is 0 Å². The summed E-state index contributed by atoms with van der Waals surface area (Å²) in [5.74, 6) is 1.25. The lowest BCUT2D eigenvalue weighted by Gasteiger charge is -2.57. The molecule has 0 aromatic heterocycles. The summed E-state index contributed by atoms with van der Waals surface area (Å²) in [6, 6.07) is 7.21. The number of benzene rings is 1. The van der Waals surface area contributed by atoms with Gasteiger partial charge in [-0.15, -0.1) is 0 Å². The Balaban J connectivity index is 1.43. The molecular formula is C27H32ClNO4. The number of hydrogen-bond donors (Lipinski definition) is 0. The number of ether oxygens (including phenoxy) is 2. The fourth-order valence-corrected chi connectivity index (χ4v) is 7.52. The van der Waals surface area contributed by atoms with E-state index in [0.717, 1.165) is 36.3 Å². The lowest BCUT2D eigenvalue weighted by Crippen LogP contribution is -2.47. The van der Waals surface area contributed by atoms with Gasteiger partial charge in [-0.1, -0.05) is 23.7 Å². The lowest BCUT2D eigenvalue weighted by atomic mass is 9.49. The third kappa shape index (κ3) is 4.32. The standard InChI is InChI=1S/C27H32ClNO4/c1-32-25(30)22-15-29(8-7-27-12-17-9-18(13-27)11-19(10-17)14-27)16-23(26(31)33-2)24(22)20-3-5-21(28)6-4-20/h3-6,15-19,24H,7-14H2,1-2H3. The summed E-state index contributed by atoms with van der Waals surface area (Å²) in [4.78, 5) is 27.6. The van der Waals surface area contributed by atoms with E-state index in [1.165, 1.54) is 52.7 Å². The van der Waals surface area contributed by atoms with Crippen molar-refractivity contribution in [2.24, 2.45) is 23.2 Å². The molecule has 1 aliphatic heterocycles. The maximum atomic E-state index is 12.8. The molecule has 5 nitrogen and oxygen atoms in total. The summed E-state index contributed by atoms with van der Waals surface area (Å²) in [5.41, 5.74) is 2.09. The predicted molar refractivity (Wildman–Crippen MR) is 126 cm³/mol. The molecular weight excluding hydrogens is 438 g/mol. The zero-order chi connectivity index (χ0) is 23.2. The van der Waals surface area contributed by atoms with Gasteiger partial charge in [0.2, 0.25) is 0 Å². The molecule has 4 saturated carbocycles. The number of rotatable bonds is 6. The van der Waals surface area contributed by atoms with Crippen LogP contribution in [0.25, 0.3) is 0 Å². The largest absolute Gasteiger partial charge is 0.466 e. The smallest absolute Gasteiger partial charge is 0.336 e. The van der Waals surface area contributed by atoms with Crippen LogP contribution in [-0.4, -0.2) is 37.6 Å². The first-order valence-corrected chi connectivity index (χ1v) is 12.4. The second-order valence-electron chi connectivity index (χ2n) is 10.5. The van der Waals surface area contributed by atoms with E-state index in [1.54, 1.807) is 12.1 Å². The van der Waals surface area contributed by atoms with Gasteiger partial charge in [0.15, 0.2) is 0 Å². The fraction of sp³-hybridized carbons (Fsp3) is 0.556. The molecule has 33 heavy (non-hydrogen) atoms. The Hall–Kier alpha value is -2.27. The van der Waals surface area contributed by atoms with E-state index in [9.17, 15) is 9.59 Å². The van der Waals surface area contributed by atoms with Crippen LogP contribution >= 0.6 is 11.6 Å². The van der Waals surface area contributed by atoms with Crippen LogP contribution in [0.2, 0.25) is 5.02 Å². The van der Waals surface area contributed by atoms with Gasteiger partial charge >= 0.3 is 11.9 Å². The molecule has 5 aliphatic rings. The first-order chi connectivity index (χ1) is 15.9. The molecule has 0 unspecified atom stereocenters. The molecule has 0 spiro atoms. The number of nitrogens with zero attached hydrogens (tertiary/aromatic N) is 1. The minimum Gasteiger partial charge on any atom is -0.466 e. The van der Waals surface area contributed by atoms with E-state index in [4.69, 9.17) is 21.1 Å². The zero-order valence-electron chi connectivity index (χ0n) is 19.4. The summed E-state index contributed by atoms with van der Waals surface area (Å²) in [7, 11) is 2.75. The van der Waals surface area contributed by atoms with Crippen molar-refractivity contribution < 1.29 is 19.1 Å². The molecule has 4 aliphatic carbocycles. The third-order valence-electron chi connectivity index (χ3n) is 8.34. The highest BCUT2D eigenvalue weighted by molar-refractivity contribution is 6.30. The number of halogens is 1. The van der Waals surface area contributed by atoms with Gasteiger partial charge in [-0.2, -0.15) is 0 Å². The molecule has 1 aromatic rings. The van der Waals surface area contributed by atoms with Gasteiger partial charge in [-0.25, -0.2) is 9.59 Å². The van der Waals surface area contributed by atoms with Gasteiger partial charge in [-0.3, -0.25) is 0 Å². The Kier molecular flexibility index (Phi) is 6.02. The van der Waals surface area contributed by atoms with Crippen LogP contribution in [0.4, 0.5) is 0 Å². The van der Waals surface area contributed by atoms with E-state index in [-0.39, 0.29) is 0 Å². The van der Waals surface area contributed by atoms with E-state index in [1.807, 2.05) is 29.4 Å². The fourth-order valence-electron chi connectivity index (χ4n) is 7.39. The Bertz CT molecular complexity index is 927. The number of hydrogen-bond acceptors (Lipinski definition) is 5. The van der Waals surface area contributed by atoms with Gasteiger partial charge < -0.3 is 14.4 Å².